The maximum Gasteiger partial charge on any atom is 0.312 e. The van der Waals surface area contributed by atoms with Crippen LogP contribution in [0.2, 0.25) is 0 Å². The number of hydrogen-bond acceptors (Lipinski definition) is 4. The number of nitrogens with zero attached hydrogens (tertiary/aromatic N) is 2. The molecule has 0 fully saturated rings. The van der Waals surface area contributed by atoms with Crippen molar-refractivity contribution in [3.8, 4) is 0 Å². The molecule has 0 aliphatic carbocycles. The number of ether oxygens (including phenoxy) is 1. The minimum absolute atomic E-state index is 0.151. The summed E-state index contributed by atoms with van der Waals surface area (Å²) < 4.78 is 7.05. The molecule has 0 saturated heterocycles. The van der Waals surface area contributed by atoms with Gasteiger partial charge in [0.05, 0.1) is 17.8 Å². The predicted octanol–water partition coefficient (Wildman–Crippen LogP) is 1.80. The number of imidazole rings is 1. The van der Waals surface area contributed by atoms with Crippen LogP contribution in [0.15, 0.2) is 24.5 Å². The third-order valence-corrected chi connectivity index (χ3v) is 2.31. The normalized spacial score (nSPS) is 11.7. The number of hydrogen-bond donors (Lipinski definition) is 1. The maximum absolute atomic E-state index is 11.7. The van der Waals surface area contributed by atoms with Crippen molar-refractivity contribution >= 4 is 17.3 Å². The minimum Gasteiger partial charge on any atom is -0.460 e. The van der Waals surface area contributed by atoms with Crippen molar-refractivity contribution in [1.29, 1.82) is 0 Å². The van der Waals surface area contributed by atoms with Crippen LogP contribution in [0.4, 0.5) is 5.69 Å². The van der Waals surface area contributed by atoms with E-state index in [1.54, 1.807) is 16.7 Å². The van der Waals surface area contributed by atoms with Gasteiger partial charge in [0.1, 0.15) is 5.60 Å². The van der Waals surface area contributed by atoms with Crippen LogP contribution >= 0.6 is 0 Å². The second kappa shape index (κ2) is 4.33. The molecule has 5 nitrogen and oxygen atoms in total. The summed E-state index contributed by atoms with van der Waals surface area (Å²) in [5.74, 6) is -0.288. The molecular weight excluding hydrogens is 230 g/mol. The summed E-state index contributed by atoms with van der Waals surface area (Å²) in [5, 5.41) is 0. The standard InChI is InChI=1S/C13H17N3O2/c1-13(2,3)18-11(17)7-9-8-16-6-4-5-10(14)12(16)15-9/h4-6,8H,7,14H2,1-3H3. The van der Waals surface area contributed by atoms with Gasteiger partial charge in [0.25, 0.3) is 0 Å². The summed E-state index contributed by atoms with van der Waals surface area (Å²) in [5.41, 5.74) is 7.23. The van der Waals surface area contributed by atoms with E-state index < -0.39 is 5.60 Å². The molecular formula is C13H17N3O2. The lowest BCUT2D eigenvalue weighted by molar-refractivity contribution is -0.153. The minimum atomic E-state index is -0.477. The fraction of sp³-hybridized carbons (Fsp3) is 0.385. The first-order valence-electron chi connectivity index (χ1n) is 5.79. The number of nitrogens with two attached hydrogens (primary N) is 1. The maximum atomic E-state index is 11.7. The largest absolute Gasteiger partial charge is 0.460 e. The molecule has 0 aliphatic rings. The van der Waals surface area contributed by atoms with E-state index >= 15 is 0 Å². The quantitative estimate of drug-likeness (QED) is 0.821. The van der Waals surface area contributed by atoms with Crippen molar-refractivity contribution in [3.05, 3.63) is 30.2 Å². The second-order valence-corrected chi connectivity index (χ2v) is 5.19. The lowest BCUT2D eigenvalue weighted by Crippen LogP contribution is -2.24. The molecule has 2 N–H and O–H groups in total. The molecule has 0 aromatic carbocycles. The zero-order chi connectivity index (χ0) is 13.3. The van der Waals surface area contributed by atoms with E-state index in [9.17, 15) is 4.79 Å². The van der Waals surface area contributed by atoms with Gasteiger partial charge in [-0.2, -0.15) is 0 Å². The highest BCUT2D eigenvalue weighted by Gasteiger charge is 2.17. The molecule has 0 saturated carbocycles. The Morgan fingerprint density at radius 2 is 2.22 bits per heavy atom. The van der Waals surface area contributed by atoms with Gasteiger partial charge >= 0.3 is 5.97 Å². The van der Waals surface area contributed by atoms with Gasteiger partial charge in [-0.3, -0.25) is 4.79 Å². The lowest BCUT2D eigenvalue weighted by Gasteiger charge is -2.18. The summed E-state index contributed by atoms with van der Waals surface area (Å²) in [6.07, 6.45) is 3.78. The van der Waals surface area contributed by atoms with Crippen LogP contribution in [0.25, 0.3) is 5.65 Å². The third kappa shape index (κ3) is 2.80. The first kappa shape index (κ1) is 12.4. The van der Waals surface area contributed by atoms with Gasteiger partial charge in [0.15, 0.2) is 5.65 Å². The van der Waals surface area contributed by atoms with Crippen molar-refractivity contribution in [2.24, 2.45) is 0 Å². The van der Waals surface area contributed by atoms with Gasteiger partial charge in [-0.1, -0.05) is 0 Å². The van der Waals surface area contributed by atoms with Crippen LogP contribution in [-0.4, -0.2) is 21.0 Å². The zero-order valence-electron chi connectivity index (χ0n) is 10.8. The Balaban J connectivity index is 2.18. The molecule has 2 aromatic heterocycles. The van der Waals surface area contributed by atoms with E-state index in [0.29, 0.717) is 17.0 Å². The Kier molecular flexibility index (Phi) is 2.98. The molecule has 2 aromatic rings. The Labute approximate surface area is 106 Å². The number of rotatable bonds is 2. The highest BCUT2D eigenvalue weighted by molar-refractivity contribution is 5.73. The fourth-order valence-electron chi connectivity index (χ4n) is 1.70. The molecule has 0 amide bonds. The monoisotopic (exact) mass is 247 g/mol. The molecule has 0 spiro atoms. The molecule has 0 unspecified atom stereocenters. The highest BCUT2D eigenvalue weighted by atomic mass is 16.6. The summed E-state index contributed by atoms with van der Waals surface area (Å²) in [7, 11) is 0. The van der Waals surface area contributed by atoms with Crippen molar-refractivity contribution < 1.29 is 9.53 Å². The lowest BCUT2D eigenvalue weighted by atomic mass is 10.2. The van der Waals surface area contributed by atoms with Crippen LogP contribution in [0.5, 0.6) is 0 Å². The molecule has 0 atom stereocenters. The van der Waals surface area contributed by atoms with Gasteiger partial charge in [-0.15, -0.1) is 0 Å². The first-order chi connectivity index (χ1) is 8.35. The van der Waals surface area contributed by atoms with Gasteiger partial charge < -0.3 is 14.9 Å². The van der Waals surface area contributed by atoms with E-state index in [-0.39, 0.29) is 12.4 Å². The van der Waals surface area contributed by atoms with Gasteiger partial charge in [0, 0.05) is 12.4 Å². The van der Waals surface area contributed by atoms with E-state index in [2.05, 4.69) is 4.98 Å². The Bertz CT molecular complexity index is 581. The predicted molar refractivity (Wildman–Crippen MR) is 69.2 cm³/mol. The Morgan fingerprint density at radius 3 is 2.83 bits per heavy atom. The van der Waals surface area contributed by atoms with Crippen molar-refractivity contribution in [2.75, 3.05) is 5.73 Å². The third-order valence-electron chi connectivity index (χ3n) is 2.31. The average Bonchev–Trinajstić information content (AvgIpc) is 2.58. The number of pyridine rings is 1. The number of esters is 1. The molecule has 0 aliphatic heterocycles. The van der Waals surface area contributed by atoms with Gasteiger partial charge in [-0.25, -0.2) is 4.98 Å². The zero-order valence-corrected chi connectivity index (χ0v) is 10.8. The molecule has 2 heterocycles. The number of anilines is 1. The van der Waals surface area contributed by atoms with Crippen LogP contribution in [0.1, 0.15) is 26.5 Å². The van der Waals surface area contributed by atoms with Crippen LogP contribution in [-0.2, 0) is 16.0 Å². The van der Waals surface area contributed by atoms with Gasteiger partial charge in [-0.05, 0) is 32.9 Å². The fourth-order valence-corrected chi connectivity index (χ4v) is 1.70. The Hall–Kier alpha value is -2.04. The highest BCUT2D eigenvalue weighted by Crippen LogP contribution is 2.14. The average molecular weight is 247 g/mol. The number of carbonyl (C=O) groups is 1. The van der Waals surface area contributed by atoms with Crippen LogP contribution in [0, 0.1) is 0 Å². The summed E-state index contributed by atoms with van der Waals surface area (Å²) >= 11 is 0. The van der Waals surface area contributed by atoms with Crippen LogP contribution in [0.3, 0.4) is 0 Å². The number of carbonyl (C=O) groups excluding carboxylic acids is 1. The van der Waals surface area contributed by atoms with Gasteiger partial charge in [0.2, 0.25) is 0 Å². The molecule has 18 heavy (non-hydrogen) atoms. The van der Waals surface area contributed by atoms with Crippen molar-refractivity contribution in [2.45, 2.75) is 32.8 Å². The molecule has 0 radical (unpaired) electrons. The molecule has 0 bridgehead atoms. The second-order valence-electron chi connectivity index (χ2n) is 5.19. The van der Waals surface area contributed by atoms with E-state index in [4.69, 9.17) is 10.5 Å². The topological polar surface area (TPSA) is 69.6 Å². The molecule has 96 valence electrons. The Morgan fingerprint density at radius 1 is 1.50 bits per heavy atom. The van der Waals surface area contributed by atoms with E-state index in [1.165, 1.54) is 0 Å². The number of nitrogen functional groups attached to an aromatic ring is 1. The van der Waals surface area contributed by atoms with E-state index in [0.717, 1.165) is 0 Å². The number of fused-ring (bicyclic) bond motifs is 1. The summed E-state index contributed by atoms with van der Waals surface area (Å²) in [6, 6.07) is 3.61. The van der Waals surface area contributed by atoms with Crippen LogP contribution < -0.4 is 5.73 Å². The number of aromatic nitrogens is 2. The molecule has 2 rings (SSSR count). The summed E-state index contributed by atoms with van der Waals surface area (Å²) in [6.45, 7) is 5.52. The van der Waals surface area contributed by atoms with E-state index in [1.807, 2.05) is 33.0 Å². The first-order valence-corrected chi connectivity index (χ1v) is 5.79. The summed E-state index contributed by atoms with van der Waals surface area (Å²) in [4.78, 5) is 16.0. The van der Waals surface area contributed by atoms with Crippen molar-refractivity contribution in [1.82, 2.24) is 9.38 Å². The van der Waals surface area contributed by atoms with Crippen molar-refractivity contribution in [3.63, 3.8) is 0 Å². The SMILES string of the molecule is CC(C)(C)OC(=O)Cc1cn2cccc(N)c2n1. The smallest absolute Gasteiger partial charge is 0.312 e. The molecule has 5 heteroatoms.